The molecule has 0 unspecified atom stereocenters. The predicted octanol–water partition coefficient (Wildman–Crippen LogP) is 1.22. The van der Waals surface area contributed by atoms with E-state index in [0.717, 1.165) is 0 Å². The highest BCUT2D eigenvalue weighted by Crippen LogP contribution is 2.00. The van der Waals surface area contributed by atoms with E-state index in [4.69, 9.17) is 0 Å². The Kier molecular flexibility index (Phi) is 4.09. The molecule has 0 amide bonds. The van der Waals surface area contributed by atoms with Crippen molar-refractivity contribution in [1.82, 2.24) is 0 Å². The van der Waals surface area contributed by atoms with Crippen LogP contribution >= 0.6 is 16.3 Å². The molecule has 0 aliphatic rings. The van der Waals surface area contributed by atoms with Gasteiger partial charge in [-0.05, 0) is 6.42 Å². The first kappa shape index (κ1) is 9.13. The number of hydrogen-bond donors (Lipinski definition) is 0. The molecule has 0 heterocycles. The second-order valence-electron chi connectivity index (χ2n) is 1.40. The Hall–Kier alpha value is 0.130. The Morgan fingerprint density at radius 2 is 2.22 bits per heavy atom. The summed E-state index contributed by atoms with van der Waals surface area (Å²) in [6.07, 6.45) is 1.93. The van der Waals surface area contributed by atoms with Crippen molar-refractivity contribution < 1.29 is 11.7 Å². The lowest BCUT2D eigenvalue weighted by molar-refractivity contribution is 0.527. The average Bonchev–Trinajstić information content (AvgIpc) is 1.84. The van der Waals surface area contributed by atoms with Crippen molar-refractivity contribution in [3.8, 4) is 0 Å². The van der Waals surface area contributed by atoms with Gasteiger partial charge in [0, 0.05) is 0 Å². The first-order valence-electron chi connectivity index (χ1n) is 2.26. The highest BCUT2D eigenvalue weighted by atomic mass is 79.9. The molecule has 0 spiro atoms. The maximum absolute atomic E-state index is 10.4. The monoisotopic (exact) mass is 214 g/mol. The van der Waals surface area contributed by atoms with Crippen LogP contribution in [0.4, 0.5) is 0 Å². The lowest BCUT2D eigenvalue weighted by Crippen LogP contribution is -2.03. The molecule has 0 aliphatic heterocycles. The van der Waals surface area contributed by atoms with Gasteiger partial charge in [-0.15, -0.1) is 6.58 Å². The largest absolute Gasteiger partial charge is 0.278 e. The van der Waals surface area contributed by atoms with Crippen molar-refractivity contribution in [2.45, 2.75) is 6.42 Å². The zero-order valence-corrected chi connectivity index (χ0v) is 7.11. The molecule has 0 rings (SSSR count). The fourth-order valence-electron chi connectivity index (χ4n) is 0.259. The summed E-state index contributed by atoms with van der Waals surface area (Å²) < 4.78 is 24.9. The van der Waals surface area contributed by atoms with Crippen LogP contribution in [0.5, 0.6) is 0 Å². The van der Waals surface area contributed by atoms with Crippen LogP contribution in [0.1, 0.15) is 6.42 Å². The Bertz CT molecular complexity index is 172. The topological polar surface area (TPSA) is 43.4 Å². The summed E-state index contributed by atoms with van der Waals surface area (Å²) in [5, 5.41) is 0. The van der Waals surface area contributed by atoms with Gasteiger partial charge in [-0.2, -0.15) is 11.7 Å². The zero-order valence-electron chi connectivity index (χ0n) is 4.71. The number of halogens is 1. The van der Waals surface area contributed by atoms with E-state index >= 15 is 0 Å². The van der Waals surface area contributed by atoms with Gasteiger partial charge in [0.15, 0.2) is 0 Å². The van der Waals surface area contributed by atoms with Gasteiger partial charge in [0.1, 0.15) is 16.3 Å². The van der Waals surface area contributed by atoms with E-state index in [-0.39, 0.29) is 5.75 Å². The van der Waals surface area contributed by atoms with Gasteiger partial charge in [-0.3, -0.25) is 0 Å². The van der Waals surface area contributed by atoms with Gasteiger partial charge in [0.25, 0.3) is 10.1 Å². The van der Waals surface area contributed by atoms with Crippen LogP contribution in [0.3, 0.4) is 0 Å². The smallest absolute Gasteiger partial charge is 0.199 e. The molecule has 0 saturated carbocycles. The SMILES string of the molecule is C=CCCS(=O)(=O)OBr. The summed E-state index contributed by atoms with van der Waals surface area (Å²) in [4.78, 5) is 0. The maximum Gasteiger partial charge on any atom is 0.278 e. The predicted molar refractivity (Wildman–Crippen MR) is 38.6 cm³/mol. The summed E-state index contributed by atoms with van der Waals surface area (Å²) in [7, 11) is -3.34. The van der Waals surface area contributed by atoms with E-state index in [9.17, 15) is 8.42 Å². The third-order valence-electron chi connectivity index (χ3n) is 0.668. The lowest BCUT2D eigenvalue weighted by atomic mass is 10.5. The molecule has 3 nitrogen and oxygen atoms in total. The Morgan fingerprint density at radius 3 is 2.56 bits per heavy atom. The van der Waals surface area contributed by atoms with Crippen LogP contribution in [-0.4, -0.2) is 14.2 Å². The van der Waals surface area contributed by atoms with E-state index < -0.39 is 10.1 Å². The first-order chi connectivity index (χ1) is 4.12. The third kappa shape index (κ3) is 4.62. The van der Waals surface area contributed by atoms with Gasteiger partial charge in [-0.1, -0.05) is 6.08 Å². The molecular formula is C4H7BrO3S. The molecule has 54 valence electrons. The van der Waals surface area contributed by atoms with E-state index in [0.29, 0.717) is 6.42 Å². The highest BCUT2D eigenvalue weighted by molar-refractivity contribution is 9.06. The summed E-state index contributed by atoms with van der Waals surface area (Å²) >= 11 is 2.38. The Labute approximate surface area is 63.3 Å². The molecular weight excluding hydrogens is 208 g/mol. The third-order valence-corrected chi connectivity index (χ3v) is 2.80. The van der Waals surface area contributed by atoms with E-state index in [1.807, 2.05) is 0 Å². The summed E-state index contributed by atoms with van der Waals surface area (Å²) in [6.45, 7) is 3.36. The highest BCUT2D eigenvalue weighted by Gasteiger charge is 2.06. The average molecular weight is 215 g/mol. The quantitative estimate of drug-likeness (QED) is 0.662. The molecule has 5 heteroatoms. The minimum absolute atomic E-state index is 0.0260. The summed E-state index contributed by atoms with van der Waals surface area (Å²) in [6, 6.07) is 0. The molecule has 0 saturated heterocycles. The van der Waals surface area contributed by atoms with Crippen molar-refractivity contribution in [1.29, 1.82) is 0 Å². The van der Waals surface area contributed by atoms with Crippen molar-refractivity contribution in [3.05, 3.63) is 12.7 Å². The second kappa shape index (κ2) is 4.03. The van der Waals surface area contributed by atoms with Gasteiger partial charge in [0.05, 0.1) is 5.75 Å². The Morgan fingerprint density at radius 1 is 1.67 bits per heavy atom. The molecule has 0 bridgehead atoms. The van der Waals surface area contributed by atoms with Crippen molar-refractivity contribution >= 4 is 26.4 Å². The molecule has 0 radical (unpaired) electrons. The van der Waals surface area contributed by atoms with Crippen LogP contribution < -0.4 is 0 Å². The number of rotatable bonds is 4. The van der Waals surface area contributed by atoms with E-state index in [1.54, 1.807) is 0 Å². The molecule has 0 N–H and O–H groups in total. The molecule has 0 aromatic heterocycles. The molecule has 0 aliphatic carbocycles. The van der Waals surface area contributed by atoms with Gasteiger partial charge in [-0.25, -0.2) is 0 Å². The van der Waals surface area contributed by atoms with Gasteiger partial charge >= 0.3 is 0 Å². The van der Waals surface area contributed by atoms with Crippen molar-refractivity contribution in [2.24, 2.45) is 0 Å². The van der Waals surface area contributed by atoms with Crippen LogP contribution in [0, 0.1) is 0 Å². The Balaban J connectivity index is 3.74. The maximum atomic E-state index is 10.4. The van der Waals surface area contributed by atoms with E-state index in [2.05, 4.69) is 26.1 Å². The van der Waals surface area contributed by atoms with Crippen LogP contribution in [0.15, 0.2) is 12.7 Å². The minimum atomic E-state index is -3.34. The molecule has 0 aromatic carbocycles. The fraction of sp³-hybridized carbons (Fsp3) is 0.500. The van der Waals surface area contributed by atoms with Crippen LogP contribution in [-0.2, 0) is 13.4 Å². The van der Waals surface area contributed by atoms with Gasteiger partial charge < -0.3 is 0 Å². The van der Waals surface area contributed by atoms with Gasteiger partial charge in [0.2, 0.25) is 0 Å². The molecule has 0 atom stereocenters. The fourth-order valence-corrected chi connectivity index (χ4v) is 1.17. The minimum Gasteiger partial charge on any atom is -0.199 e. The first-order valence-corrected chi connectivity index (χ1v) is 4.48. The molecule has 9 heavy (non-hydrogen) atoms. The van der Waals surface area contributed by atoms with E-state index in [1.165, 1.54) is 6.08 Å². The van der Waals surface area contributed by atoms with Crippen molar-refractivity contribution in [3.63, 3.8) is 0 Å². The zero-order chi connectivity index (χ0) is 7.33. The second-order valence-corrected chi connectivity index (χ2v) is 3.84. The standard InChI is InChI=1S/C4H7BrO3S/c1-2-3-4-9(6,7)8-5/h2H,1,3-4H2. The van der Waals surface area contributed by atoms with Crippen molar-refractivity contribution in [2.75, 3.05) is 5.75 Å². The summed E-state index contributed by atoms with van der Waals surface area (Å²) in [5.74, 6) is -0.0260. The summed E-state index contributed by atoms with van der Waals surface area (Å²) in [5.41, 5.74) is 0. The number of hydrogen-bond acceptors (Lipinski definition) is 3. The molecule has 0 aromatic rings. The lowest BCUT2D eigenvalue weighted by Gasteiger charge is -1.92. The normalized spacial score (nSPS) is 11.2. The molecule has 0 fully saturated rings. The van der Waals surface area contributed by atoms with Crippen LogP contribution in [0.25, 0.3) is 0 Å². The van der Waals surface area contributed by atoms with Crippen LogP contribution in [0.2, 0.25) is 0 Å². The number of allylic oxidation sites excluding steroid dienone is 1.